The van der Waals surface area contributed by atoms with E-state index in [2.05, 4.69) is 63.7 Å². The molecule has 9 aliphatic rings. The number of fused-ring (bicyclic) bond motifs is 2. The van der Waals surface area contributed by atoms with Gasteiger partial charge in [-0.3, -0.25) is 24.0 Å². The van der Waals surface area contributed by atoms with E-state index < -0.39 is 158 Å². The zero-order chi connectivity index (χ0) is 109. The summed E-state index contributed by atoms with van der Waals surface area (Å²) in [6.07, 6.45) is -32.1. The van der Waals surface area contributed by atoms with Crippen LogP contribution in [0.25, 0.3) is 0 Å². The highest BCUT2D eigenvalue weighted by atomic mass is 35.5. The van der Waals surface area contributed by atoms with Gasteiger partial charge in [0.15, 0.2) is 11.6 Å². The second-order valence-electron chi connectivity index (χ2n) is 24.6. The van der Waals surface area contributed by atoms with Crippen molar-refractivity contribution >= 4 is 92.5 Å². The predicted molar refractivity (Wildman–Crippen MR) is 428 cm³/mol. The van der Waals surface area contributed by atoms with E-state index in [0.717, 1.165) is 87.0 Å². The molecule has 107 heavy (non-hydrogen) atoms. The fourth-order valence-electron chi connectivity index (χ4n) is 10.4. The van der Waals surface area contributed by atoms with Gasteiger partial charge in [0, 0.05) is 156 Å². The van der Waals surface area contributed by atoms with Gasteiger partial charge in [0.25, 0.3) is 0 Å². The number of tetrazole rings is 2. The Labute approximate surface area is 714 Å². The highest BCUT2D eigenvalue weighted by molar-refractivity contribution is 6.63. The molecule has 27 heteroatoms. The summed E-state index contributed by atoms with van der Waals surface area (Å²) in [5.74, 6) is 7.66. The topological polar surface area (TPSA) is 317 Å². The second-order valence-corrected chi connectivity index (χ2v) is 26.4. The molecule has 4 aromatic rings. The minimum atomic E-state index is -2.60. The van der Waals surface area contributed by atoms with Gasteiger partial charge in [-0.15, -0.1) is 45.0 Å². The van der Waals surface area contributed by atoms with Crippen molar-refractivity contribution in [2.45, 2.75) is 344 Å². The SMILES string of the molecule is C1CCOC1.NOCl.O=C(Cl)CCCCCl.O=C1CCc2cc(O)ccc2C1.[2H]C1([2H])CC(=NO)CC([2H])([2H])C1([2H])[2H].[2H]C1([2H])CC(=O)CC([2H])([2H])C1([2H])[2H].[2H]C1([2H])CC(N)CC([2H])([2H])C1([2H])[2H].[2H]C1([2H])CC(NC(=O)CCCCCl)CC([2H])([2H])C1([2H])[2H].[2H]C1([2H])CC(n2nnnc2CCCCCl)CC([2H])([2H])C1([2H])[2H].[2H]C1([2H])CC(n2nnnc2CCCCOc2ccc3c(c2)CCC(=O)C3)CC([2H])([2H])C1([2H])[2H]. The summed E-state index contributed by atoms with van der Waals surface area (Å²) < 4.78 is 290. The minimum absolute atomic E-state index is 0.0462. The van der Waals surface area contributed by atoms with Gasteiger partial charge in [-0.2, -0.15) is 10.3 Å². The Bertz CT molecular complexity index is 4650. The first-order valence-electron chi connectivity index (χ1n) is 53.7. The molecule has 0 radical (unpaired) electrons. The smallest absolute Gasteiger partial charge is 0.221 e. The zero-order valence-electron chi connectivity index (χ0n) is 96.4. The van der Waals surface area contributed by atoms with Crippen molar-refractivity contribution in [3.63, 3.8) is 0 Å². The Morgan fingerprint density at radius 1 is 0.561 bits per heavy atom. The van der Waals surface area contributed by atoms with Crippen molar-refractivity contribution in [2.24, 2.45) is 16.8 Å². The lowest BCUT2D eigenvalue weighted by Gasteiger charge is -2.22. The number of carbonyl (C=O) groups excluding carboxylic acids is 5. The summed E-state index contributed by atoms with van der Waals surface area (Å²) in [6, 6.07) is 8.53. The van der Waals surface area contributed by atoms with Crippen molar-refractivity contribution in [2.75, 3.05) is 37.5 Å². The van der Waals surface area contributed by atoms with Crippen LogP contribution in [0.2, 0.25) is 0 Å². The Balaban J connectivity index is 0.000000348. The van der Waals surface area contributed by atoms with Crippen LogP contribution in [0.4, 0.5) is 0 Å². The molecule has 0 unspecified atom stereocenters. The number of nitrogens with zero attached hydrogens (tertiary/aromatic N) is 9. The zero-order valence-corrected chi connectivity index (χ0v) is 64.2. The van der Waals surface area contributed by atoms with Gasteiger partial charge in [0.1, 0.15) is 28.8 Å². The average molecular weight is 1630 g/mol. The fourth-order valence-corrected chi connectivity index (χ4v) is 11.1. The van der Waals surface area contributed by atoms with Crippen molar-refractivity contribution < 1.29 is 97.5 Å². The molecular formula is C80H129Cl5N12O10. The largest absolute Gasteiger partial charge is 0.508 e. The maximum atomic E-state index is 11.7. The van der Waals surface area contributed by atoms with E-state index in [9.17, 15) is 24.0 Å². The molecule has 13 rings (SSSR count). The fraction of sp³-hybridized carbons (Fsp3) is 0.750. The Hall–Kier alpha value is -4.91. The van der Waals surface area contributed by atoms with E-state index >= 15 is 0 Å². The van der Waals surface area contributed by atoms with E-state index in [1.165, 1.54) is 27.8 Å². The molecule has 1 saturated heterocycles. The van der Waals surface area contributed by atoms with Crippen LogP contribution >= 0.6 is 58.3 Å². The monoisotopic (exact) mass is 1630 g/mol. The van der Waals surface area contributed by atoms with Gasteiger partial charge in [-0.25, -0.2) is 9.36 Å². The molecule has 0 bridgehead atoms. The summed E-state index contributed by atoms with van der Waals surface area (Å²) in [5.41, 5.74) is 9.86. The highest BCUT2D eigenvalue weighted by Crippen LogP contribution is 2.31. The van der Waals surface area contributed by atoms with Gasteiger partial charge in [0.05, 0.1) is 36.3 Å². The number of aromatic nitrogens is 8. The lowest BCUT2D eigenvalue weighted by Crippen LogP contribution is -2.35. The van der Waals surface area contributed by atoms with Crippen LogP contribution in [0.3, 0.4) is 0 Å². The molecule has 22 nitrogen and oxygen atoms in total. The normalized spacial score (nSPS) is 31.4. The molecule has 7 fully saturated rings. The molecule has 6 saturated carbocycles. The lowest BCUT2D eigenvalue weighted by atomic mass is 9.91. The molecular weight excluding hydrogens is 1470 g/mol. The van der Waals surface area contributed by atoms with Crippen LogP contribution in [-0.4, -0.2) is 134 Å². The molecule has 604 valence electrons. The van der Waals surface area contributed by atoms with Crippen LogP contribution in [-0.2, 0) is 71.6 Å². The molecule has 0 atom stereocenters. The predicted octanol–water partition coefficient (Wildman–Crippen LogP) is 18.2. The molecule has 0 spiro atoms. The molecule has 1 amide bonds. The standard InChI is InChI=1S/C21H28N4O2.C11H19ClN4.C11H20ClNO.C10H10O2.C6H11NO.C6H13N.C6H10O.C5H8Cl2O.C4H8O.ClH2NO/c26-19-11-9-17-15-20(12-10-16(17)14-19)27-13-5-4-8-21-22-23-24-25(21)18-6-2-1-3-7-18;12-9-5-4-8-11-13-14-15-16(11)10-6-2-1-3-7-10;12-9-5-4-8-11(14)13-10-6-2-1-3-7-10;11-9-3-1-7-5-10(12)4-2-8(7)6-9;8-7-6-4-2-1-3-5-6;2*7-6-4-2-1-3-5-6;6-4-2-1-3-5(7)8;1-2-4-5-3-1;1-3-2/h10,12,15,18H,1-9,11,13-14H2;10H,1-9H2;10H,1-9H2,(H,13,14);1,3,6,11H,2,4-5H2;8H,1-5H2;6H,1-5,7H2;1-5H2;1-4H2;1-4H2;2H2/i3*1D2,2D2,3D2;;3*1D2,2D2,3D2;;;. The Morgan fingerprint density at radius 2 is 1.01 bits per heavy atom. The van der Waals surface area contributed by atoms with Gasteiger partial charge < -0.3 is 30.8 Å². The molecule has 1 aliphatic heterocycles. The third-order valence-electron chi connectivity index (χ3n) is 16.0. The maximum absolute atomic E-state index is 11.7. The third kappa shape index (κ3) is 44.7. The number of aryl methyl sites for hydroxylation is 4. The number of oxime groups is 1. The first-order chi connectivity index (χ1) is 65.4. The number of aromatic hydroxyl groups is 1. The molecule has 3 heterocycles. The number of ketones is 3. The number of alkyl halides is 3. The number of carbonyl (C=O) groups is 5. The number of rotatable bonds is 21. The summed E-state index contributed by atoms with van der Waals surface area (Å²) in [5, 5.41) is 45.8. The van der Waals surface area contributed by atoms with Crippen LogP contribution in [0.15, 0.2) is 41.6 Å². The number of nitrogens with one attached hydrogen (secondary N) is 1. The first kappa shape index (κ1) is 52.4. The number of ether oxygens (including phenoxy) is 2. The third-order valence-corrected chi connectivity index (χ3v) is 17.0. The summed E-state index contributed by atoms with van der Waals surface area (Å²) in [4.78, 5) is 55.3. The molecule has 2 aromatic heterocycles. The van der Waals surface area contributed by atoms with E-state index in [0.29, 0.717) is 105 Å². The van der Waals surface area contributed by atoms with Gasteiger partial charge in [-0.05, 0) is 246 Å². The minimum Gasteiger partial charge on any atom is -0.508 e. The van der Waals surface area contributed by atoms with Gasteiger partial charge in [0.2, 0.25) is 11.1 Å². The molecule has 7 N–H and O–H groups in total. The van der Waals surface area contributed by atoms with E-state index in [-0.39, 0.29) is 93.3 Å². The molecule has 2 aromatic carbocycles. The summed E-state index contributed by atoms with van der Waals surface area (Å²) in [6.45, 7) is 2.51. The van der Waals surface area contributed by atoms with E-state index in [4.69, 9.17) is 121 Å². The van der Waals surface area contributed by atoms with Crippen LogP contribution < -0.4 is 21.7 Å². The van der Waals surface area contributed by atoms with Crippen molar-refractivity contribution in [3.05, 3.63) is 70.3 Å². The van der Waals surface area contributed by atoms with Crippen LogP contribution in [0.1, 0.15) is 377 Å². The highest BCUT2D eigenvalue weighted by Gasteiger charge is 2.23. The van der Waals surface area contributed by atoms with Gasteiger partial charge in [-0.1, -0.05) is 107 Å². The molecule has 8 aliphatic carbocycles. The van der Waals surface area contributed by atoms with Gasteiger partial charge >= 0.3 is 0 Å². The maximum Gasteiger partial charge on any atom is 0.221 e. The Morgan fingerprint density at radius 3 is 1.50 bits per heavy atom. The Kier molecular flexibility index (Phi) is 30.2. The number of nitrogens with two attached hydrogens (primary N) is 2. The number of phenolic OH excluding ortho intramolecular Hbond substituents is 1. The number of hydrogen-bond acceptors (Lipinski definition) is 19. The van der Waals surface area contributed by atoms with Crippen LogP contribution in [0.5, 0.6) is 11.5 Å². The van der Waals surface area contributed by atoms with Crippen molar-refractivity contribution in [1.29, 1.82) is 0 Å². The summed E-state index contributed by atoms with van der Waals surface area (Å²) >= 11 is 25.8. The van der Waals surface area contributed by atoms with E-state index in [1.54, 1.807) is 12.1 Å². The van der Waals surface area contributed by atoms with Crippen LogP contribution in [0, 0.1) is 0 Å². The average Bonchev–Trinajstić information content (AvgIpc) is 1.46. The number of unbranched alkanes of at least 4 members (excludes halogenated alkanes) is 4. The summed E-state index contributed by atoms with van der Waals surface area (Å²) in [7, 11) is 0. The number of hydrogen-bond donors (Lipinski definition) is 5. The van der Waals surface area contributed by atoms with Crippen molar-refractivity contribution in [1.82, 2.24) is 45.7 Å². The number of phenols is 1. The van der Waals surface area contributed by atoms with Crippen molar-refractivity contribution in [3.8, 4) is 11.5 Å². The number of amides is 1. The second kappa shape index (κ2) is 61.7. The quantitative estimate of drug-likeness (QED) is 0.0170. The number of Topliss-reactive ketones (excluding diaryl/α,β-unsaturated/α-hetero) is 3. The number of halogens is 5. The first-order valence-corrected chi connectivity index (χ1v) is 38.0. The lowest BCUT2D eigenvalue weighted by molar-refractivity contribution is -0.122. The number of benzene rings is 2. The van der Waals surface area contributed by atoms with E-state index in [1.807, 2.05) is 24.3 Å².